The number of nitro groups is 1. The smallest absolute Gasteiger partial charge is 0.293 e. The zero-order valence-corrected chi connectivity index (χ0v) is 13.8. The van der Waals surface area contributed by atoms with Gasteiger partial charge >= 0.3 is 0 Å². The van der Waals surface area contributed by atoms with E-state index in [2.05, 4.69) is 6.58 Å². The normalized spacial score (nSPS) is 15.8. The highest BCUT2D eigenvalue weighted by atomic mass is 32.2. The van der Waals surface area contributed by atoms with Gasteiger partial charge in [0.1, 0.15) is 0 Å². The second-order valence-electron chi connectivity index (χ2n) is 4.60. The molecule has 1 aliphatic rings. The minimum atomic E-state index is -0.595. The maximum atomic E-state index is 12.2. The van der Waals surface area contributed by atoms with E-state index in [4.69, 9.17) is 9.47 Å². The van der Waals surface area contributed by atoms with Gasteiger partial charge in [-0.25, -0.2) is 0 Å². The third-order valence-electron chi connectivity index (χ3n) is 3.20. The van der Waals surface area contributed by atoms with Crippen molar-refractivity contribution >= 4 is 34.7 Å². The van der Waals surface area contributed by atoms with Crippen molar-refractivity contribution in [2.75, 3.05) is 20.8 Å². The van der Waals surface area contributed by atoms with E-state index in [9.17, 15) is 19.7 Å². The van der Waals surface area contributed by atoms with Gasteiger partial charge in [-0.1, -0.05) is 6.08 Å². The molecule has 0 radical (unpaired) electrons. The van der Waals surface area contributed by atoms with Gasteiger partial charge in [0.15, 0.2) is 11.5 Å². The van der Waals surface area contributed by atoms with Gasteiger partial charge in [0.25, 0.3) is 16.8 Å². The van der Waals surface area contributed by atoms with E-state index in [0.29, 0.717) is 11.8 Å². The Kier molecular flexibility index (Phi) is 5.24. The summed E-state index contributed by atoms with van der Waals surface area (Å²) in [6.45, 7) is 3.57. The fourth-order valence-corrected chi connectivity index (χ4v) is 2.92. The topological polar surface area (TPSA) is 99.0 Å². The first-order valence-corrected chi connectivity index (χ1v) is 7.51. The van der Waals surface area contributed by atoms with Crippen LogP contribution >= 0.6 is 11.8 Å². The summed E-state index contributed by atoms with van der Waals surface area (Å²) in [6.07, 6.45) is 2.73. The lowest BCUT2D eigenvalue weighted by atomic mass is 10.1. The Bertz CT molecular complexity index is 759. The van der Waals surface area contributed by atoms with Crippen molar-refractivity contribution in [3.8, 4) is 11.5 Å². The summed E-state index contributed by atoms with van der Waals surface area (Å²) in [5, 5.41) is 10.8. The molecule has 1 aliphatic heterocycles. The average Bonchev–Trinajstić information content (AvgIpc) is 2.82. The van der Waals surface area contributed by atoms with Gasteiger partial charge in [0, 0.05) is 6.54 Å². The Morgan fingerprint density at radius 2 is 1.92 bits per heavy atom. The number of carbonyl (C=O) groups is 2. The van der Waals surface area contributed by atoms with Gasteiger partial charge in [0.05, 0.1) is 35.7 Å². The molecule has 0 atom stereocenters. The second kappa shape index (κ2) is 7.18. The Hall–Kier alpha value is -2.81. The van der Waals surface area contributed by atoms with Crippen LogP contribution in [0.3, 0.4) is 0 Å². The van der Waals surface area contributed by atoms with Crippen molar-refractivity contribution < 1.29 is 24.0 Å². The summed E-state index contributed by atoms with van der Waals surface area (Å²) in [4.78, 5) is 35.8. The molecule has 8 nitrogen and oxygen atoms in total. The lowest BCUT2D eigenvalue weighted by Crippen LogP contribution is -2.27. The third-order valence-corrected chi connectivity index (χ3v) is 4.11. The summed E-state index contributed by atoms with van der Waals surface area (Å²) < 4.78 is 10.2. The van der Waals surface area contributed by atoms with Crippen LogP contribution in [0.25, 0.3) is 6.08 Å². The van der Waals surface area contributed by atoms with Crippen molar-refractivity contribution in [3.63, 3.8) is 0 Å². The lowest BCUT2D eigenvalue weighted by molar-refractivity contribution is -0.385. The monoisotopic (exact) mass is 350 g/mol. The molecule has 0 bridgehead atoms. The van der Waals surface area contributed by atoms with Crippen LogP contribution in [0.4, 0.5) is 10.5 Å². The first kappa shape index (κ1) is 17.5. The number of thioether (sulfide) groups is 1. The second-order valence-corrected chi connectivity index (χ2v) is 5.60. The zero-order valence-electron chi connectivity index (χ0n) is 13.0. The number of amides is 2. The van der Waals surface area contributed by atoms with Crippen molar-refractivity contribution in [1.29, 1.82) is 0 Å². The summed E-state index contributed by atoms with van der Waals surface area (Å²) in [5.74, 6) is -0.0465. The Morgan fingerprint density at radius 1 is 1.29 bits per heavy atom. The SMILES string of the molecule is C=CCN1C(=O)S/C(=C/c2cc(OC)c(OC)cc2[N+](=O)[O-])C1=O. The van der Waals surface area contributed by atoms with E-state index in [1.165, 1.54) is 38.5 Å². The van der Waals surface area contributed by atoms with Crippen LogP contribution in [0.5, 0.6) is 11.5 Å². The molecule has 0 saturated carbocycles. The maximum Gasteiger partial charge on any atom is 0.293 e. The molecule has 0 unspecified atom stereocenters. The van der Waals surface area contributed by atoms with Crippen LogP contribution in [0.15, 0.2) is 29.7 Å². The zero-order chi connectivity index (χ0) is 17.9. The predicted molar refractivity (Wildman–Crippen MR) is 89.1 cm³/mol. The van der Waals surface area contributed by atoms with E-state index < -0.39 is 16.1 Å². The van der Waals surface area contributed by atoms with Gasteiger partial charge in [-0.15, -0.1) is 6.58 Å². The van der Waals surface area contributed by atoms with E-state index in [0.717, 1.165) is 4.90 Å². The first-order valence-electron chi connectivity index (χ1n) is 6.69. The van der Waals surface area contributed by atoms with Crippen LogP contribution in [-0.2, 0) is 4.79 Å². The molecule has 1 aromatic carbocycles. The van der Waals surface area contributed by atoms with Crippen molar-refractivity contribution in [1.82, 2.24) is 4.90 Å². The highest BCUT2D eigenvalue weighted by Crippen LogP contribution is 2.38. The number of nitro benzene ring substituents is 1. The minimum absolute atomic E-state index is 0.0794. The molecule has 1 heterocycles. The van der Waals surface area contributed by atoms with Gasteiger partial charge in [-0.05, 0) is 23.9 Å². The van der Waals surface area contributed by atoms with Crippen LogP contribution in [0.2, 0.25) is 0 Å². The Morgan fingerprint density at radius 3 is 2.46 bits per heavy atom. The number of ether oxygens (including phenoxy) is 2. The lowest BCUT2D eigenvalue weighted by Gasteiger charge is -2.09. The number of hydrogen-bond donors (Lipinski definition) is 0. The first-order chi connectivity index (χ1) is 11.4. The van der Waals surface area contributed by atoms with Crippen LogP contribution < -0.4 is 9.47 Å². The van der Waals surface area contributed by atoms with Crippen LogP contribution in [0, 0.1) is 10.1 Å². The molecular formula is C15H14N2O6S. The Balaban J connectivity index is 2.52. The molecule has 2 amide bonds. The maximum absolute atomic E-state index is 12.2. The molecule has 9 heteroatoms. The molecule has 24 heavy (non-hydrogen) atoms. The number of carbonyl (C=O) groups excluding carboxylic acids is 2. The molecule has 2 rings (SSSR count). The van der Waals surface area contributed by atoms with Crippen LogP contribution in [-0.4, -0.2) is 41.7 Å². The number of hydrogen-bond acceptors (Lipinski definition) is 7. The van der Waals surface area contributed by atoms with E-state index in [1.54, 1.807) is 0 Å². The highest BCUT2D eigenvalue weighted by Gasteiger charge is 2.34. The summed E-state index contributed by atoms with van der Waals surface area (Å²) in [7, 11) is 2.76. The summed E-state index contributed by atoms with van der Waals surface area (Å²) in [5.41, 5.74) is -0.120. The van der Waals surface area contributed by atoms with E-state index in [1.807, 2.05) is 0 Å². The van der Waals surface area contributed by atoms with E-state index >= 15 is 0 Å². The molecule has 0 aromatic heterocycles. The summed E-state index contributed by atoms with van der Waals surface area (Å²) >= 11 is 0.717. The molecule has 1 saturated heterocycles. The van der Waals surface area contributed by atoms with E-state index in [-0.39, 0.29) is 34.2 Å². The minimum Gasteiger partial charge on any atom is -0.493 e. The average molecular weight is 350 g/mol. The van der Waals surface area contributed by atoms with Gasteiger partial charge < -0.3 is 9.47 Å². The van der Waals surface area contributed by atoms with Gasteiger partial charge in [0.2, 0.25) is 0 Å². The molecule has 0 N–H and O–H groups in total. The third kappa shape index (κ3) is 3.25. The number of rotatable bonds is 6. The van der Waals surface area contributed by atoms with Crippen molar-refractivity contribution in [3.05, 3.63) is 45.4 Å². The van der Waals surface area contributed by atoms with Gasteiger partial charge in [-0.2, -0.15) is 0 Å². The number of benzene rings is 1. The fraction of sp³-hybridized carbons (Fsp3) is 0.200. The number of nitrogens with zero attached hydrogens (tertiary/aromatic N) is 2. The molecule has 0 aliphatic carbocycles. The summed E-state index contributed by atoms with van der Waals surface area (Å²) in [6, 6.07) is 2.59. The number of imide groups is 1. The largest absolute Gasteiger partial charge is 0.493 e. The highest BCUT2D eigenvalue weighted by molar-refractivity contribution is 8.18. The van der Waals surface area contributed by atoms with Crippen molar-refractivity contribution in [2.45, 2.75) is 0 Å². The fourth-order valence-electron chi connectivity index (χ4n) is 2.09. The molecule has 126 valence electrons. The van der Waals surface area contributed by atoms with Crippen LogP contribution in [0.1, 0.15) is 5.56 Å². The predicted octanol–water partition coefficient (Wildman–Crippen LogP) is 2.83. The van der Waals surface area contributed by atoms with Crippen molar-refractivity contribution in [2.24, 2.45) is 0 Å². The standard InChI is InChI=1S/C15H14N2O6S/c1-4-5-16-14(18)13(24-15(16)19)7-9-6-11(22-2)12(23-3)8-10(9)17(20)21/h4,6-8H,1,5H2,2-3H3/b13-7+. The molecular weight excluding hydrogens is 336 g/mol. The van der Waals surface area contributed by atoms with Gasteiger partial charge in [-0.3, -0.25) is 24.6 Å². The Labute approximate surface area is 141 Å². The molecule has 1 fully saturated rings. The molecule has 1 aromatic rings. The number of methoxy groups -OCH3 is 2. The molecule has 0 spiro atoms. The quantitative estimate of drug-likeness (QED) is 0.337.